The van der Waals surface area contributed by atoms with Gasteiger partial charge in [-0.3, -0.25) is 4.79 Å². The zero-order valence-corrected chi connectivity index (χ0v) is 18.1. The number of halogens is 1. The number of hydroxylamine groups is 2. The first-order valence-corrected chi connectivity index (χ1v) is 9.85. The van der Waals surface area contributed by atoms with E-state index in [4.69, 9.17) is 24.5 Å². The highest BCUT2D eigenvalue weighted by Gasteiger charge is 2.22. The highest BCUT2D eigenvalue weighted by Crippen LogP contribution is 2.23. The van der Waals surface area contributed by atoms with Crippen LogP contribution in [-0.4, -0.2) is 29.1 Å². The lowest BCUT2D eigenvalue weighted by Crippen LogP contribution is -2.43. The van der Waals surface area contributed by atoms with E-state index in [-0.39, 0.29) is 23.0 Å². The average Bonchev–Trinajstić information content (AvgIpc) is 3.24. The Labute approximate surface area is 193 Å². The summed E-state index contributed by atoms with van der Waals surface area (Å²) in [6.07, 6.45) is 0. The Bertz CT molecular complexity index is 1240. The lowest BCUT2D eigenvalue weighted by Gasteiger charge is -2.21. The van der Waals surface area contributed by atoms with Crippen LogP contribution in [0.15, 0.2) is 65.1 Å². The molecule has 0 aliphatic heterocycles. The van der Waals surface area contributed by atoms with Crippen molar-refractivity contribution in [2.24, 2.45) is 5.73 Å². The van der Waals surface area contributed by atoms with Crippen LogP contribution in [0.1, 0.15) is 30.0 Å². The second kappa shape index (κ2) is 10.7. The summed E-state index contributed by atoms with van der Waals surface area (Å²) in [6.45, 7) is 2.74. The van der Waals surface area contributed by atoms with Gasteiger partial charge in [-0.1, -0.05) is 5.92 Å². The quantitative estimate of drug-likeness (QED) is 0.261. The van der Waals surface area contributed by atoms with E-state index >= 15 is 0 Å². The van der Waals surface area contributed by atoms with Crippen LogP contribution in [0, 0.1) is 17.7 Å². The molecule has 0 fully saturated rings. The number of carbonyl (C=O) groups excluding carboxylic acids is 3. The molecule has 0 spiro atoms. The van der Waals surface area contributed by atoms with Crippen LogP contribution in [0.5, 0.6) is 17.4 Å². The van der Waals surface area contributed by atoms with Gasteiger partial charge >= 0.3 is 18.0 Å². The number of benzene rings is 2. The minimum Gasteiger partial charge on any atom is -0.427 e. The van der Waals surface area contributed by atoms with Crippen molar-refractivity contribution in [1.82, 2.24) is 5.06 Å². The largest absolute Gasteiger partial charge is 0.427 e. The van der Waals surface area contributed by atoms with Gasteiger partial charge in [-0.05, 0) is 67.4 Å². The van der Waals surface area contributed by atoms with Crippen molar-refractivity contribution in [2.45, 2.75) is 19.9 Å². The van der Waals surface area contributed by atoms with Crippen LogP contribution in [0.2, 0.25) is 0 Å². The normalized spacial score (nSPS) is 10.9. The number of urea groups is 1. The van der Waals surface area contributed by atoms with Crippen LogP contribution >= 0.6 is 0 Å². The molecule has 0 bridgehead atoms. The van der Waals surface area contributed by atoms with Gasteiger partial charge in [0.1, 0.15) is 23.4 Å². The van der Waals surface area contributed by atoms with Gasteiger partial charge in [0.25, 0.3) is 5.95 Å². The van der Waals surface area contributed by atoms with E-state index in [1.807, 2.05) is 0 Å². The van der Waals surface area contributed by atoms with E-state index in [2.05, 4.69) is 11.8 Å². The fourth-order valence-corrected chi connectivity index (χ4v) is 2.58. The first kappa shape index (κ1) is 23.9. The number of ether oxygens (including phenoxy) is 2. The zero-order chi connectivity index (χ0) is 24.7. The Morgan fingerprint density at radius 3 is 2.26 bits per heavy atom. The molecular formula is C24H19FN2O7. The molecule has 0 aliphatic carbocycles. The topological polar surface area (TPSA) is 121 Å². The molecule has 1 unspecified atom stereocenters. The van der Waals surface area contributed by atoms with Gasteiger partial charge in [-0.25, -0.2) is 14.0 Å². The molecule has 2 amide bonds. The molecule has 174 valence electrons. The van der Waals surface area contributed by atoms with Crippen molar-refractivity contribution in [2.75, 3.05) is 0 Å². The van der Waals surface area contributed by atoms with Gasteiger partial charge < -0.3 is 24.5 Å². The molecule has 9 nitrogen and oxygen atoms in total. The molecule has 2 aromatic carbocycles. The van der Waals surface area contributed by atoms with Crippen molar-refractivity contribution >= 4 is 18.0 Å². The number of carbonyl (C=O) groups is 3. The molecule has 0 aliphatic rings. The Morgan fingerprint density at radius 2 is 1.65 bits per heavy atom. The fraction of sp³-hybridized carbons (Fsp3) is 0.125. The van der Waals surface area contributed by atoms with E-state index in [9.17, 15) is 18.8 Å². The molecule has 3 rings (SSSR count). The number of hydrogen-bond donors (Lipinski definition) is 1. The number of furan rings is 1. The van der Waals surface area contributed by atoms with Crippen LogP contribution in [0.4, 0.5) is 9.18 Å². The van der Waals surface area contributed by atoms with E-state index in [0.717, 1.165) is 0 Å². The summed E-state index contributed by atoms with van der Waals surface area (Å²) in [7, 11) is 0. The SMILES string of the molecule is CC(=O)Oc1ccc(C(=O)ON(C(N)=O)C(C)C#Cc2ccc(Oc3ccc(F)cc3)o2)cc1. The minimum absolute atomic E-state index is 0.0935. The standard InChI is InChI=1S/C24H19FN2O7/c1-15(3-8-20-13-14-22(32-20)33-21-11-6-18(25)7-12-21)27(24(26)30)34-23(29)17-4-9-19(10-5-17)31-16(2)28/h4-7,9-15H,1-2H3,(H2,26,30). The zero-order valence-electron chi connectivity index (χ0n) is 18.1. The first-order valence-electron chi connectivity index (χ1n) is 9.85. The van der Waals surface area contributed by atoms with Crippen molar-refractivity contribution in [1.29, 1.82) is 0 Å². The Hall–Kier alpha value is -4.78. The van der Waals surface area contributed by atoms with Gasteiger partial charge in [0, 0.05) is 13.0 Å². The molecule has 34 heavy (non-hydrogen) atoms. The van der Waals surface area contributed by atoms with Crippen molar-refractivity contribution in [3.63, 3.8) is 0 Å². The molecule has 0 radical (unpaired) electrons. The fourth-order valence-electron chi connectivity index (χ4n) is 2.58. The summed E-state index contributed by atoms with van der Waals surface area (Å²) in [5.41, 5.74) is 5.42. The van der Waals surface area contributed by atoms with E-state index < -0.39 is 29.8 Å². The Morgan fingerprint density at radius 1 is 1.00 bits per heavy atom. The summed E-state index contributed by atoms with van der Waals surface area (Å²) in [5.74, 6) is 4.56. The molecule has 3 aromatic rings. The van der Waals surface area contributed by atoms with Gasteiger partial charge in [-0.15, -0.1) is 5.06 Å². The van der Waals surface area contributed by atoms with Crippen molar-refractivity contribution in [3.8, 4) is 29.3 Å². The maximum absolute atomic E-state index is 13.0. The van der Waals surface area contributed by atoms with E-state index in [1.54, 1.807) is 0 Å². The lowest BCUT2D eigenvalue weighted by molar-refractivity contribution is -0.131. The number of amides is 2. The average molecular weight is 466 g/mol. The highest BCUT2D eigenvalue weighted by molar-refractivity contribution is 5.90. The molecule has 0 saturated carbocycles. The second-order valence-corrected chi connectivity index (χ2v) is 6.78. The number of hydrogen-bond acceptors (Lipinski definition) is 7. The second-order valence-electron chi connectivity index (χ2n) is 6.78. The Kier molecular flexibility index (Phi) is 7.51. The monoisotopic (exact) mass is 466 g/mol. The number of primary amides is 1. The summed E-state index contributed by atoms with van der Waals surface area (Å²) in [4.78, 5) is 40.2. The third-order valence-corrected chi connectivity index (χ3v) is 4.12. The van der Waals surface area contributed by atoms with Crippen LogP contribution < -0.4 is 15.2 Å². The van der Waals surface area contributed by atoms with E-state index in [0.29, 0.717) is 10.8 Å². The summed E-state index contributed by atoms with van der Waals surface area (Å²) < 4.78 is 28.8. The summed E-state index contributed by atoms with van der Waals surface area (Å²) in [5, 5.41) is 0.619. The molecule has 0 saturated heterocycles. The Balaban J connectivity index is 1.64. The van der Waals surface area contributed by atoms with Gasteiger partial charge in [0.15, 0.2) is 5.76 Å². The smallest absolute Gasteiger partial charge is 0.363 e. The molecule has 10 heteroatoms. The molecule has 1 atom stereocenters. The molecule has 2 N–H and O–H groups in total. The maximum atomic E-state index is 13.0. The third kappa shape index (κ3) is 6.61. The third-order valence-electron chi connectivity index (χ3n) is 4.12. The highest BCUT2D eigenvalue weighted by atomic mass is 19.1. The number of rotatable bonds is 5. The molecular weight excluding hydrogens is 447 g/mol. The minimum atomic E-state index is -1.04. The summed E-state index contributed by atoms with van der Waals surface area (Å²) >= 11 is 0. The van der Waals surface area contributed by atoms with E-state index in [1.165, 1.54) is 74.5 Å². The van der Waals surface area contributed by atoms with Crippen LogP contribution in [-0.2, 0) is 9.63 Å². The van der Waals surface area contributed by atoms with Crippen LogP contribution in [0.3, 0.4) is 0 Å². The number of nitrogens with two attached hydrogens (primary N) is 1. The number of nitrogens with zero attached hydrogens (tertiary/aromatic N) is 1. The first-order chi connectivity index (χ1) is 16.2. The van der Waals surface area contributed by atoms with Gasteiger partial charge in [0.2, 0.25) is 0 Å². The number of esters is 1. The molecule has 1 aromatic heterocycles. The van der Waals surface area contributed by atoms with Gasteiger partial charge in [0.05, 0.1) is 5.56 Å². The maximum Gasteiger partial charge on any atom is 0.363 e. The molecule has 1 heterocycles. The predicted molar refractivity (Wildman–Crippen MR) is 116 cm³/mol. The van der Waals surface area contributed by atoms with Gasteiger partial charge in [-0.2, -0.15) is 0 Å². The summed E-state index contributed by atoms with van der Waals surface area (Å²) in [6, 6.07) is 12.0. The van der Waals surface area contributed by atoms with Crippen molar-refractivity contribution in [3.05, 3.63) is 77.8 Å². The predicted octanol–water partition coefficient (Wildman–Crippen LogP) is 4.03. The van der Waals surface area contributed by atoms with Crippen molar-refractivity contribution < 1.29 is 37.5 Å². The van der Waals surface area contributed by atoms with Crippen LogP contribution in [0.25, 0.3) is 0 Å². The lowest BCUT2D eigenvalue weighted by atomic mass is 10.2.